The zero-order valence-corrected chi connectivity index (χ0v) is 12.7. The van der Waals surface area contributed by atoms with Crippen molar-refractivity contribution in [3.05, 3.63) is 35.9 Å². The van der Waals surface area contributed by atoms with E-state index in [2.05, 4.69) is 27.3 Å². The zero-order chi connectivity index (χ0) is 16.0. The Hall–Kier alpha value is -1.72. The maximum Gasteiger partial charge on any atom is 0.390 e. The Labute approximate surface area is 129 Å². The molecule has 1 aliphatic heterocycles. The van der Waals surface area contributed by atoms with Gasteiger partial charge in [0.2, 0.25) is 0 Å². The molecule has 1 atom stereocenters. The van der Waals surface area contributed by atoms with Gasteiger partial charge in [-0.25, -0.2) is 0 Å². The lowest BCUT2D eigenvalue weighted by Gasteiger charge is -2.22. The van der Waals surface area contributed by atoms with Crippen molar-refractivity contribution in [2.24, 2.45) is 4.99 Å². The van der Waals surface area contributed by atoms with Crippen LogP contribution in [-0.4, -0.2) is 43.2 Å². The lowest BCUT2D eigenvalue weighted by atomic mass is 9.99. The van der Waals surface area contributed by atoms with Gasteiger partial charge in [0, 0.05) is 25.6 Å². The van der Waals surface area contributed by atoms with Crippen molar-refractivity contribution in [2.75, 3.05) is 26.2 Å². The molecule has 1 saturated heterocycles. The molecule has 0 spiro atoms. The first-order valence-corrected chi connectivity index (χ1v) is 7.64. The summed E-state index contributed by atoms with van der Waals surface area (Å²) < 4.78 is 36.7. The van der Waals surface area contributed by atoms with Gasteiger partial charge in [-0.15, -0.1) is 0 Å². The van der Waals surface area contributed by atoms with Gasteiger partial charge in [-0.3, -0.25) is 4.99 Å². The molecule has 1 unspecified atom stereocenters. The number of likely N-dealkylation sites (tertiary alicyclic amines) is 1. The molecule has 1 fully saturated rings. The maximum absolute atomic E-state index is 12.2. The lowest BCUT2D eigenvalue weighted by molar-refractivity contribution is -0.132. The number of nitrogens with zero attached hydrogens (tertiary/aromatic N) is 2. The number of hydrogen-bond acceptors (Lipinski definition) is 1. The van der Waals surface area contributed by atoms with Crippen molar-refractivity contribution in [1.29, 1.82) is 0 Å². The predicted octanol–water partition coefficient (Wildman–Crippen LogP) is 3.39. The molecule has 0 saturated carbocycles. The number of nitrogens with one attached hydrogen (secondary N) is 1. The minimum atomic E-state index is -4.15. The topological polar surface area (TPSA) is 27.6 Å². The van der Waals surface area contributed by atoms with Gasteiger partial charge in [-0.1, -0.05) is 30.3 Å². The van der Waals surface area contributed by atoms with E-state index in [0.717, 1.165) is 19.5 Å². The molecular weight excluding hydrogens is 291 g/mol. The first-order chi connectivity index (χ1) is 10.5. The minimum Gasteiger partial charge on any atom is -0.357 e. The second-order valence-corrected chi connectivity index (χ2v) is 5.44. The number of hydrogen-bond donors (Lipinski definition) is 1. The number of guanidine groups is 1. The lowest BCUT2D eigenvalue weighted by Crippen LogP contribution is -2.40. The molecule has 1 N–H and O–H groups in total. The van der Waals surface area contributed by atoms with E-state index in [-0.39, 0.29) is 6.54 Å². The molecule has 0 radical (unpaired) electrons. The number of halogens is 3. The molecule has 2 rings (SSSR count). The van der Waals surface area contributed by atoms with Crippen LogP contribution < -0.4 is 5.32 Å². The molecule has 22 heavy (non-hydrogen) atoms. The standard InChI is InChI=1S/C16H22F3N3/c1-2-20-15(21-10-9-16(17,18)19)22-11-8-14(12-22)13-6-4-3-5-7-13/h3-7,14H,2,8-12H2,1H3,(H,20,21). The zero-order valence-electron chi connectivity index (χ0n) is 12.7. The third-order valence-electron chi connectivity index (χ3n) is 3.75. The molecule has 1 heterocycles. The molecule has 1 aromatic carbocycles. The van der Waals surface area contributed by atoms with Crippen LogP contribution in [0.25, 0.3) is 0 Å². The quantitative estimate of drug-likeness (QED) is 0.681. The van der Waals surface area contributed by atoms with Crippen molar-refractivity contribution in [3.63, 3.8) is 0 Å². The second kappa shape index (κ2) is 7.51. The van der Waals surface area contributed by atoms with Gasteiger partial charge in [-0.05, 0) is 18.9 Å². The largest absolute Gasteiger partial charge is 0.390 e. The molecule has 0 amide bonds. The molecule has 1 aromatic rings. The first kappa shape index (κ1) is 16.6. The smallest absolute Gasteiger partial charge is 0.357 e. The molecule has 122 valence electrons. The van der Waals surface area contributed by atoms with Crippen LogP contribution in [0, 0.1) is 0 Å². The fraction of sp³-hybridized carbons (Fsp3) is 0.562. The number of benzene rings is 1. The Bertz CT molecular complexity index is 485. The summed E-state index contributed by atoms with van der Waals surface area (Å²) in [7, 11) is 0. The van der Waals surface area contributed by atoms with E-state index in [1.165, 1.54) is 5.56 Å². The highest BCUT2D eigenvalue weighted by atomic mass is 19.4. The summed E-state index contributed by atoms with van der Waals surface area (Å²) in [5.74, 6) is 0.998. The highest BCUT2D eigenvalue weighted by molar-refractivity contribution is 5.80. The van der Waals surface area contributed by atoms with E-state index in [1.807, 2.05) is 25.1 Å². The fourth-order valence-electron chi connectivity index (χ4n) is 2.66. The summed E-state index contributed by atoms with van der Waals surface area (Å²) in [6, 6.07) is 10.2. The van der Waals surface area contributed by atoms with Crippen molar-refractivity contribution in [2.45, 2.75) is 31.9 Å². The molecule has 0 aromatic heterocycles. The Kier molecular flexibility index (Phi) is 5.69. The SMILES string of the molecule is CCNC(=NCCC(F)(F)F)N1CCC(c2ccccc2)C1. The molecule has 3 nitrogen and oxygen atoms in total. The van der Waals surface area contributed by atoms with Crippen LogP contribution in [-0.2, 0) is 0 Å². The Morgan fingerprint density at radius 2 is 2.05 bits per heavy atom. The van der Waals surface area contributed by atoms with Crippen molar-refractivity contribution < 1.29 is 13.2 Å². The van der Waals surface area contributed by atoms with E-state index < -0.39 is 12.6 Å². The highest BCUT2D eigenvalue weighted by Crippen LogP contribution is 2.27. The van der Waals surface area contributed by atoms with Crippen LogP contribution >= 0.6 is 0 Å². The Morgan fingerprint density at radius 1 is 1.32 bits per heavy atom. The second-order valence-electron chi connectivity index (χ2n) is 5.44. The third-order valence-corrected chi connectivity index (χ3v) is 3.75. The number of rotatable bonds is 4. The van der Waals surface area contributed by atoms with Crippen molar-refractivity contribution in [1.82, 2.24) is 10.2 Å². The molecular formula is C16H22F3N3. The number of alkyl halides is 3. The maximum atomic E-state index is 12.2. The van der Waals surface area contributed by atoms with E-state index in [0.29, 0.717) is 18.4 Å². The van der Waals surface area contributed by atoms with Gasteiger partial charge >= 0.3 is 6.18 Å². The van der Waals surface area contributed by atoms with Crippen LogP contribution in [0.4, 0.5) is 13.2 Å². The summed E-state index contributed by atoms with van der Waals surface area (Å²) in [4.78, 5) is 6.17. The third kappa shape index (κ3) is 4.93. The van der Waals surface area contributed by atoms with Crippen molar-refractivity contribution in [3.8, 4) is 0 Å². The summed E-state index contributed by atoms with van der Waals surface area (Å²) in [5, 5.41) is 3.09. The summed E-state index contributed by atoms with van der Waals surface area (Å²) in [5.41, 5.74) is 1.27. The van der Waals surface area contributed by atoms with Crippen LogP contribution in [0.2, 0.25) is 0 Å². The monoisotopic (exact) mass is 313 g/mol. The molecule has 1 aliphatic rings. The molecule has 0 aliphatic carbocycles. The van der Waals surface area contributed by atoms with Crippen LogP contribution in [0.5, 0.6) is 0 Å². The average Bonchev–Trinajstić information content (AvgIpc) is 2.96. The van der Waals surface area contributed by atoms with Crippen LogP contribution in [0.15, 0.2) is 35.3 Å². The van der Waals surface area contributed by atoms with Crippen LogP contribution in [0.3, 0.4) is 0 Å². The van der Waals surface area contributed by atoms with Crippen LogP contribution in [0.1, 0.15) is 31.2 Å². The van der Waals surface area contributed by atoms with Gasteiger partial charge in [-0.2, -0.15) is 13.2 Å². The molecule has 0 bridgehead atoms. The van der Waals surface area contributed by atoms with Gasteiger partial charge in [0.1, 0.15) is 0 Å². The minimum absolute atomic E-state index is 0.224. The summed E-state index contributed by atoms with van der Waals surface area (Å²) >= 11 is 0. The van der Waals surface area contributed by atoms with Gasteiger partial charge in [0.15, 0.2) is 5.96 Å². The Morgan fingerprint density at radius 3 is 2.68 bits per heavy atom. The molecule has 6 heteroatoms. The van der Waals surface area contributed by atoms with E-state index >= 15 is 0 Å². The average molecular weight is 313 g/mol. The van der Waals surface area contributed by atoms with E-state index in [4.69, 9.17) is 0 Å². The predicted molar refractivity (Wildman–Crippen MR) is 82.0 cm³/mol. The van der Waals surface area contributed by atoms with Gasteiger partial charge in [0.25, 0.3) is 0 Å². The Balaban J connectivity index is 1.97. The highest BCUT2D eigenvalue weighted by Gasteiger charge is 2.28. The van der Waals surface area contributed by atoms with Gasteiger partial charge in [0.05, 0.1) is 13.0 Å². The first-order valence-electron chi connectivity index (χ1n) is 7.64. The summed E-state index contributed by atoms with van der Waals surface area (Å²) in [6.07, 6.45) is -4.04. The van der Waals surface area contributed by atoms with E-state index in [9.17, 15) is 13.2 Å². The normalized spacial score (nSPS) is 19.5. The fourth-order valence-corrected chi connectivity index (χ4v) is 2.66. The van der Waals surface area contributed by atoms with Gasteiger partial charge < -0.3 is 10.2 Å². The van der Waals surface area contributed by atoms with E-state index in [1.54, 1.807) is 0 Å². The number of aliphatic imine (C=N–C) groups is 1. The summed E-state index contributed by atoms with van der Waals surface area (Å²) in [6.45, 7) is 3.96. The van der Waals surface area contributed by atoms with Crippen molar-refractivity contribution >= 4 is 5.96 Å².